The van der Waals surface area contributed by atoms with Crippen LogP contribution in [0.3, 0.4) is 0 Å². The minimum Gasteiger partial charge on any atom is -0.379 e. The summed E-state index contributed by atoms with van der Waals surface area (Å²) in [6.07, 6.45) is 0. The molecule has 0 atom stereocenters. The van der Waals surface area contributed by atoms with E-state index in [2.05, 4.69) is 26.4 Å². The second kappa shape index (κ2) is 5.28. The third-order valence-electron chi connectivity index (χ3n) is 2.63. The molecule has 0 saturated heterocycles. The first-order chi connectivity index (χ1) is 8.49. The summed E-state index contributed by atoms with van der Waals surface area (Å²) in [4.78, 5) is 0. The molecule has 2 aromatic rings. The molecule has 1 aromatic carbocycles. The number of hydrogen-bond acceptors (Lipinski definition) is 3. The van der Waals surface area contributed by atoms with Crippen LogP contribution in [0.25, 0.3) is 0 Å². The molecule has 0 unspecified atom stereocenters. The van der Waals surface area contributed by atoms with E-state index in [9.17, 15) is 4.39 Å². The normalized spacial score (nSPS) is 10.7. The van der Waals surface area contributed by atoms with E-state index in [-0.39, 0.29) is 5.82 Å². The van der Waals surface area contributed by atoms with Crippen molar-refractivity contribution in [2.75, 3.05) is 5.32 Å². The van der Waals surface area contributed by atoms with Crippen molar-refractivity contribution in [1.82, 2.24) is 5.16 Å². The van der Waals surface area contributed by atoms with Crippen molar-refractivity contribution in [3.63, 3.8) is 0 Å². The van der Waals surface area contributed by atoms with Gasteiger partial charge in [-0.3, -0.25) is 0 Å². The number of nitrogens with one attached hydrogen (secondary N) is 1. The number of benzene rings is 1. The summed E-state index contributed by atoms with van der Waals surface area (Å²) in [6.45, 7) is 4.23. The Kier molecular flexibility index (Phi) is 3.92. The average molecular weight is 334 g/mol. The van der Waals surface area contributed by atoms with Gasteiger partial charge in [-0.25, -0.2) is 4.39 Å². The van der Waals surface area contributed by atoms with Gasteiger partial charge in [-0.15, -0.1) is 0 Å². The van der Waals surface area contributed by atoms with Crippen molar-refractivity contribution < 1.29 is 8.91 Å². The third kappa shape index (κ3) is 2.67. The Bertz CT molecular complexity index is 543. The molecule has 0 amide bonds. The summed E-state index contributed by atoms with van der Waals surface area (Å²) in [5.74, 6) is 0.379. The van der Waals surface area contributed by atoms with Gasteiger partial charge in [0.2, 0.25) is 0 Å². The molecule has 2 rings (SSSR count). The molecule has 6 heteroatoms. The molecule has 1 aromatic heterocycles. The Morgan fingerprint density at radius 3 is 2.72 bits per heavy atom. The number of anilines is 1. The van der Waals surface area contributed by atoms with E-state index in [1.165, 1.54) is 12.1 Å². The predicted octanol–water partition coefficient (Wildman–Crippen LogP) is 4.46. The Balaban J connectivity index is 2.21. The minimum atomic E-state index is -0.380. The lowest BCUT2D eigenvalue weighted by atomic mass is 10.2. The standard InChI is InChI=1S/C12H11BrClFN2O/c1-6-9(7(2)18-17-6)5-16-12-10(13)3-8(15)4-11(12)14/h3-4,16H,5H2,1-2H3. The first-order valence-electron chi connectivity index (χ1n) is 5.29. The van der Waals surface area contributed by atoms with Crippen molar-refractivity contribution in [2.24, 2.45) is 0 Å². The largest absolute Gasteiger partial charge is 0.379 e. The summed E-state index contributed by atoms with van der Waals surface area (Å²) in [7, 11) is 0. The van der Waals surface area contributed by atoms with Crippen molar-refractivity contribution in [3.05, 3.63) is 44.5 Å². The number of hydrogen-bond donors (Lipinski definition) is 1. The van der Waals surface area contributed by atoms with Crippen LogP contribution in [0.1, 0.15) is 17.0 Å². The van der Waals surface area contributed by atoms with Gasteiger partial charge >= 0.3 is 0 Å². The van der Waals surface area contributed by atoms with Crippen molar-refractivity contribution in [2.45, 2.75) is 20.4 Å². The predicted molar refractivity (Wildman–Crippen MR) is 72.4 cm³/mol. The fourth-order valence-electron chi connectivity index (χ4n) is 1.64. The van der Waals surface area contributed by atoms with E-state index in [0.717, 1.165) is 17.0 Å². The molecule has 96 valence electrons. The number of aryl methyl sites for hydroxylation is 2. The topological polar surface area (TPSA) is 38.1 Å². The number of rotatable bonds is 3. The van der Waals surface area contributed by atoms with Crippen LogP contribution in [0.15, 0.2) is 21.1 Å². The molecule has 0 aliphatic carbocycles. The van der Waals surface area contributed by atoms with E-state index >= 15 is 0 Å². The highest BCUT2D eigenvalue weighted by atomic mass is 79.9. The molecule has 0 radical (unpaired) electrons. The number of aromatic nitrogens is 1. The van der Waals surface area contributed by atoms with Crippen LogP contribution in [-0.2, 0) is 6.54 Å². The van der Waals surface area contributed by atoms with Gasteiger partial charge in [0.05, 0.1) is 16.4 Å². The second-order valence-electron chi connectivity index (χ2n) is 3.90. The summed E-state index contributed by atoms with van der Waals surface area (Å²) in [5.41, 5.74) is 2.45. The van der Waals surface area contributed by atoms with Crippen LogP contribution >= 0.6 is 27.5 Å². The highest BCUT2D eigenvalue weighted by molar-refractivity contribution is 9.10. The van der Waals surface area contributed by atoms with Gasteiger partial charge < -0.3 is 9.84 Å². The zero-order chi connectivity index (χ0) is 13.3. The Morgan fingerprint density at radius 1 is 1.44 bits per heavy atom. The lowest BCUT2D eigenvalue weighted by molar-refractivity contribution is 0.392. The van der Waals surface area contributed by atoms with Crippen LogP contribution in [0, 0.1) is 19.7 Å². The monoisotopic (exact) mass is 332 g/mol. The first-order valence-corrected chi connectivity index (χ1v) is 6.46. The van der Waals surface area contributed by atoms with E-state index in [1.54, 1.807) is 0 Å². The van der Waals surface area contributed by atoms with Crippen LogP contribution in [0.4, 0.5) is 10.1 Å². The van der Waals surface area contributed by atoms with E-state index in [1.807, 2.05) is 13.8 Å². The molecule has 0 fully saturated rings. The zero-order valence-electron chi connectivity index (χ0n) is 9.85. The summed E-state index contributed by atoms with van der Waals surface area (Å²) < 4.78 is 18.7. The maximum Gasteiger partial charge on any atom is 0.138 e. The summed E-state index contributed by atoms with van der Waals surface area (Å²) in [5, 5.41) is 7.34. The molecule has 0 aliphatic heterocycles. The van der Waals surface area contributed by atoms with Gasteiger partial charge in [0.15, 0.2) is 0 Å². The van der Waals surface area contributed by atoms with Crippen LogP contribution in [0.2, 0.25) is 5.02 Å². The lowest BCUT2D eigenvalue weighted by Crippen LogP contribution is -2.03. The van der Waals surface area contributed by atoms with Crippen molar-refractivity contribution in [3.8, 4) is 0 Å². The van der Waals surface area contributed by atoms with Gasteiger partial charge in [-0.05, 0) is 41.9 Å². The van der Waals surface area contributed by atoms with Crippen LogP contribution < -0.4 is 5.32 Å². The molecule has 3 nitrogen and oxygen atoms in total. The molecule has 0 spiro atoms. The molecule has 18 heavy (non-hydrogen) atoms. The van der Waals surface area contributed by atoms with Gasteiger partial charge in [-0.1, -0.05) is 16.8 Å². The molecule has 0 bridgehead atoms. The van der Waals surface area contributed by atoms with Gasteiger partial charge in [0, 0.05) is 16.6 Å². The number of nitrogens with zero attached hydrogens (tertiary/aromatic N) is 1. The summed E-state index contributed by atoms with van der Waals surface area (Å²) in [6, 6.07) is 2.63. The lowest BCUT2D eigenvalue weighted by Gasteiger charge is -2.10. The minimum absolute atomic E-state index is 0.327. The maximum absolute atomic E-state index is 13.1. The fourth-order valence-corrected chi connectivity index (χ4v) is 2.60. The van der Waals surface area contributed by atoms with Gasteiger partial charge in [0.1, 0.15) is 11.6 Å². The maximum atomic E-state index is 13.1. The highest BCUT2D eigenvalue weighted by Crippen LogP contribution is 2.32. The summed E-state index contributed by atoms with van der Waals surface area (Å²) >= 11 is 9.26. The third-order valence-corrected chi connectivity index (χ3v) is 3.55. The SMILES string of the molecule is Cc1noc(C)c1CNc1c(Cl)cc(F)cc1Br. The highest BCUT2D eigenvalue weighted by Gasteiger charge is 2.12. The van der Waals surface area contributed by atoms with Crippen LogP contribution in [-0.4, -0.2) is 5.16 Å². The van der Waals surface area contributed by atoms with E-state index in [0.29, 0.717) is 21.7 Å². The second-order valence-corrected chi connectivity index (χ2v) is 5.16. The molecule has 0 aliphatic rings. The van der Waals surface area contributed by atoms with Gasteiger partial charge in [-0.2, -0.15) is 0 Å². The molecular weight excluding hydrogens is 322 g/mol. The van der Waals surface area contributed by atoms with Gasteiger partial charge in [0.25, 0.3) is 0 Å². The zero-order valence-corrected chi connectivity index (χ0v) is 12.2. The molecular formula is C12H11BrClFN2O. The van der Waals surface area contributed by atoms with E-state index in [4.69, 9.17) is 16.1 Å². The molecule has 0 saturated carbocycles. The van der Waals surface area contributed by atoms with Crippen molar-refractivity contribution in [1.29, 1.82) is 0 Å². The molecule has 1 N–H and O–H groups in total. The Hall–Kier alpha value is -1.07. The quantitative estimate of drug-likeness (QED) is 0.901. The first kappa shape index (κ1) is 13.4. The van der Waals surface area contributed by atoms with Crippen LogP contribution in [0.5, 0.6) is 0 Å². The smallest absolute Gasteiger partial charge is 0.138 e. The molecule has 1 heterocycles. The number of halogens is 3. The fraction of sp³-hybridized carbons (Fsp3) is 0.250. The van der Waals surface area contributed by atoms with Crippen molar-refractivity contribution >= 4 is 33.2 Å². The Morgan fingerprint density at radius 2 is 2.17 bits per heavy atom. The Labute approximate surface area is 117 Å². The average Bonchev–Trinajstić information content (AvgIpc) is 2.58. The van der Waals surface area contributed by atoms with E-state index < -0.39 is 0 Å².